The van der Waals surface area contributed by atoms with Crippen molar-refractivity contribution in [1.82, 2.24) is 15.3 Å². The molecular weight excluding hydrogens is 543 g/mol. The summed E-state index contributed by atoms with van der Waals surface area (Å²) >= 11 is 0. The van der Waals surface area contributed by atoms with E-state index in [9.17, 15) is 13.2 Å². The lowest BCUT2D eigenvalue weighted by Crippen LogP contribution is -2.60. The third-order valence-corrected chi connectivity index (χ3v) is 8.51. The molecule has 2 fully saturated rings. The number of carbonyl (C=O) groups excluding carboxylic acids is 1. The number of anilines is 3. The highest BCUT2D eigenvalue weighted by molar-refractivity contribution is 7.92. The minimum absolute atomic E-state index is 0. The molecule has 1 saturated heterocycles. The van der Waals surface area contributed by atoms with E-state index in [0.29, 0.717) is 41.7 Å². The maximum Gasteiger partial charge on any atom is 0.237 e. The van der Waals surface area contributed by atoms with Gasteiger partial charge >= 0.3 is 0 Å². The van der Waals surface area contributed by atoms with E-state index in [0.717, 1.165) is 42.2 Å². The summed E-state index contributed by atoms with van der Waals surface area (Å²) in [5, 5.41) is 4.20. The third kappa shape index (κ3) is 4.50. The summed E-state index contributed by atoms with van der Waals surface area (Å²) < 4.78 is 42.4. The summed E-state index contributed by atoms with van der Waals surface area (Å²) in [7, 11) is -1.85. The van der Waals surface area contributed by atoms with E-state index in [-0.39, 0.29) is 29.9 Å². The summed E-state index contributed by atoms with van der Waals surface area (Å²) in [4.78, 5) is 25.8. The summed E-state index contributed by atoms with van der Waals surface area (Å²) in [5.74, 6) is 0.0741. The molecule has 0 unspecified atom stereocenters. The van der Waals surface area contributed by atoms with Crippen molar-refractivity contribution in [3.8, 4) is 11.1 Å². The van der Waals surface area contributed by atoms with Crippen LogP contribution in [-0.2, 0) is 20.2 Å². The third-order valence-electron chi connectivity index (χ3n) is 7.92. The lowest BCUT2D eigenvalue weighted by atomic mass is 9.64. The topological polar surface area (TPSA) is 108 Å². The van der Waals surface area contributed by atoms with Crippen molar-refractivity contribution in [2.45, 2.75) is 50.6 Å². The standard InChI is InChI=1S/C27H31FN6O3S.ClH/c1-15(2)31-17-13-34(14-17)25-22(32-38(4,36)37)8-16(11-30-25)18-9-19-21(10-20(18)28)29-12-23-24(19)27(6-5-7-27)26(35)33(23)3;/h8-12,15,17,31-32H,5-7,13-14H2,1-4H3;1H. The largest absolute Gasteiger partial charge is 0.352 e. The second kappa shape index (κ2) is 9.57. The Labute approximate surface area is 233 Å². The Morgan fingerprint density at radius 2 is 1.85 bits per heavy atom. The summed E-state index contributed by atoms with van der Waals surface area (Å²) in [6.45, 7) is 5.54. The van der Waals surface area contributed by atoms with Crippen LogP contribution in [0.3, 0.4) is 0 Å². The Kier molecular flexibility index (Phi) is 6.76. The van der Waals surface area contributed by atoms with Gasteiger partial charge in [0.15, 0.2) is 5.82 Å². The number of pyridine rings is 2. The van der Waals surface area contributed by atoms with Crippen molar-refractivity contribution in [2.24, 2.45) is 0 Å². The predicted octanol–water partition coefficient (Wildman–Crippen LogP) is 3.81. The molecule has 1 aromatic carbocycles. The monoisotopic (exact) mass is 574 g/mol. The van der Waals surface area contributed by atoms with Crippen LogP contribution in [0.15, 0.2) is 30.6 Å². The van der Waals surface area contributed by atoms with Crippen LogP contribution in [0.2, 0.25) is 0 Å². The van der Waals surface area contributed by atoms with Crippen molar-refractivity contribution in [1.29, 1.82) is 0 Å². The molecule has 2 aromatic heterocycles. The minimum atomic E-state index is -3.60. The first-order chi connectivity index (χ1) is 18.0. The molecule has 1 aliphatic carbocycles. The zero-order valence-electron chi connectivity index (χ0n) is 22.3. The van der Waals surface area contributed by atoms with Crippen molar-refractivity contribution >= 4 is 56.4 Å². The first kappa shape index (κ1) is 27.5. The maximum absolute atomic E-state index is 15.5. The predicted molar refractivity (Wildman–Crippen MR) is 154 cm³/mol. The maximum atomic E-state index is 15.5. The van der Waals surface area contributed by atoms with Crippen molar-refractivity contribution in [3.05, 3.63) is 42.0 Å². The molecule has 2 aliphatic heterocycles. The van der Waals surface area contributed by atoms with Crippen LogP contribution in [0.4, 0.5) is 21.6 Å². The SMILES string of the molecule is CC(C)NC1CN(c2ncc(-c3cc4c5c(cnc4cc3F)N(C)C(=O)C53CCC3)cc2NS(C)(=O)=O)C1.Cl. The fourth-order valence-corrected chi connectivity index (χ4v) is 6.62. The number of fused-ring (bicyclic) bond motifs is 4. The molecule has 1 spiro atoms. The normalized spacial score (nSPS) is 18.3. The van der Waals surface area contributed by atoms with Gasteiger partial charge in [0.05, 0.1) is 34.8 Å². The van der Waals surface area contributed by atoms with Gasteiger partial charge in [-0.15, -0.1) is 12.4 Å². The summed E-state index contributed by atoms with van der Waals surface area (Å²) in [6, 6.07) is 5.37. The van der Waals surface area contributed by atoms with Gasteiger partial charge in [-0.25, -0.2) is 17.8 Å². The lowest BCUT2D eigenvalue weighted by Gasteiger charge is -2.42. The number of aromatic nitrogens is 2. The number of hydrogen-bond donors (Lipinski definition) is 2. The van der Waals surface area contributed by atoms with Gasteiger partial charge in [-0.3, -0.25) is 14.5 Å². The Bertz CT molecular complexity index is 1590. The Morgan fingerprint density at radius 3 is 2.46 bits per heavy atom. The first-order valence-corrected chi connectivity index (χ1v) is 14.8. The van der Waals surface area contributed by atoms with Gasteiger partial charge in [-0.05, 0) is 25.0 Å². The van der Waals surface area contributed by atoms with Crippen LogP contribution in [0, 0.1) is 5.82 Å². The number of nitrogens with zero attached hydrogens (tertiary/aromatic N) is 4. The number of halogens is 2. The quantitative estimate of drug-likeness (QED) is 0.461. The number of nitrogens with one attached hydrogen (secondary N) is 2. The number of sulfonamides is 1. The van der Waals surface area contributed by atoms with Gasteiger partial charge in [0.2, 0.25) is 15.9 Å². The molecular formula is C27H32ClFN6O3S. The fraction of sp³-hybridized carbons (Fsp3) is 0.444. The molecule has 0 atom stereocenters. The van der Waals surface area contributed by atoms with Gasteiger partial charge in [-0.1, -0.05) is 20.3 Å². The molecule has 9 nitrogen and oxygen atoms in total. The lowest BCUT2D eigenvalue weighted by molar-refractivity contribution is -0.125. The van der Waals surface area contributed by atoms with Gasteiger partial charge in [0.25, 0.3) is 0 Å². The van der Waals surface area contributed by atoms with E-state index in [2.05, 4.69) is 33.9 Å². The molecule has 4 heterocycles. The summed E-state index contributed by atoms with van der Waals surface area (Å²) in [6.07, 6.45) is 6.79. The van der Waals surface area contributed by atoms with Crippen LogP contribution >= 0.6 is 12.4 Å². The second-order valence-electron chi connectivity index (χ2n) is 11.1. The Balaban J connectivity index is 0.00000308. The van der Waals surface area contributed by atoms with Crippen LogP contribution in [0.1, 0.15) is 38.7 Å². The van der Waals surface area contributed by atoms with Crippen LogP contribution in [0.25, 0.3) is 22.0 Å². The Hall–Kier alpha value is -3.02. The number of rotatable bonds is 6. The van der Waals surface area contributed by atoms with Crippen LogP contribution < -0.4 is 19.8 Å². The summed E-state index contributed by atoms with van der Waals surface area (Å²) in [5.41, 5.74) is 2.60. The van der Waals surface area contributed by atoms with Gasteiger partial charge in [0, 0.05) is 66.6 Å². The number of benzene rings is 1. The molecule has 3 aliphatic rings. The van der Waals surface area contributed by atoms with Gasteiger partial charge < -0.3 is 15.1 Å². The average Bonchev–Trinajstić information content (AvgIpc) is 3.02. The highest BCUT2D eigenvalue weighted by Gasteiger charge is 2.54. The highest BCUT2D eigenvalue weighted by atomic mass is 35.5. The first-order valence-electron chi connectivity index (χ1n) is 12.9. The molecule has 208 valence electrons. The van der Waals surface area contributed by atoms with Crippen molar-refractivity contribution < 1.29 is 17.6 Å². The van der Waals surface area contributed by atoms with E-state index in [1.165, 1.54) is 6.07 Å². The highest BCUT2D eigenvalue weighted by Crippen LogP contribution is 2.55. The molecule has 12 heteroatoms. The van der Waals surface area contributed by atoms with Gasteiger partial charge in [0.1, 0.15) is 5.82 Å². The Morgan fingerprint density at radius 1 is 1.13 bits per heavy atom. The van der Waals surface area contributed by atoms with E-state index in [1.807, 2.05) is 4.90 Å². The molecule has 1 saturated carbocycles. The molecule has 39 heavy (non-hydrogen) atoms. The fourth-order valence-electron chi connectivity index (χ4n) is 6.07. The molecule has 3 aromatic rings. The van der Waals surface area contributed by atoms with E-state index in [4.69, 9.17) is 0 Å². The van der Waals surface area contributed by atoms with E-state index in [1.54, 1.807) is 36.5 Å². The van der Waals surface area contributed by atoms with Crippen LogP contribution in [-0.4, -0.2) is 62.8 Å². The van der Waals surface area contributed by atoms with E-state index >= 15 is 4.39 Å². The zero-order chi connectivity index (χ0) is 27.0. The number of hydrogen-bond acceptors (Lipinski definition) is 7. The molecule has 0 radical (unpaired) electrons. The number of carbonyl (C=O) groups is 1. The molecule has 1 amide bonds. The molecule has 6 rings (SSSR count). The smallest absolute Gasteiger partial charge is 0.237 e. The zero-order valence-corrected chi connectivity index (χ0v) is 23.9. The second-order valence-corrected chi connectivity index (χ2v) is 12.8. The van der Waals surface area contributed by atoms with Crippen molar-refractivity contribution in [3.63, 3.8) is 0 Å². The number of likely N-dealkylation sites (N-methyl/N-ethyl adjacent to an activating group) is 1. The van der Waals surface area contributed by atoms with Crippen LogP contribution in [0.5, 0.6) is 0 Å². The number of amides is 1. The van der Waals surface area contributed by atoms with E-state index < -0.39 is 21.3 Å². The molecule has 0 bridgehead atoms. The minimum Gasteiger partial charge on any atom is -0.352 e. The molecule has 2 N–H and O–H groups in total. The van der Waals surface area contributed by atoms with Gasteiger partial charge in [-0.2, -0.15) is 0 Å². The average molecular weight is 575 g/mol. The van der Waals surface area contributed by atoms with Crippen molar-refractivity contribution in [2.75, 3.05) is 40.9 Å².